The van der Waals surface area contributed by atoms with Crippen LogP contribution < -0.4 is 5.73 Å². The van der Waals surface area contributed by atoms with Crippen molar-refractivity contribution in [2.45, 2.75) is 38.3 Å². The third-order valence-corrected chi connectivity index (χ3v) is 5.31. The summed E-state index contributed by atoms with van der Waals surface area (Å²) in [7, 11) is 0. The molecule has 1 unspecified atom stereocenters. The Morgan fingerprint density at radius 1 is 1.44 bits per heavy atom. The molecule has 0 bridgehead atoms. The van der Waals surface area contributed by atoms with Crippen molar-refractivity contribution in [2.24, 2.45) is 5.92 Å². The van der Waals surface area contributed by atoms with Crippen LogP contribution in [-0.4, -0.2) is 15.7 Å². The lowest BCUT2D eigenvalue weighted by Crippen LogP contribution is -2.09. The molecule has 0 spiro atoms. The van der Waals surface area contributed by atoms with Gasteiger partial charge in [-0.3, -0.25) is 0 Å². The summed E-state index contributed by atoms with van der Waals surface area (Å²) in [4.78, 5) is 11.6. The van der Waals surface area contributed by atoms with Crippen LogP contribution in [0.25, 0.3) is 10.2 Å². The number of nitrogens with two attached hydrogens (primary N) is 1. The zero-order valence-corrected chi connectivity index (χ0v) is 12.3. The molecule has 96 valence electrons. The smallest absolute Gasteiger partial charge is 0.190 e. The molecule has 0 amide bonds. The second-order valence-corrected chi connectivity index (χ2v) is 7.17. The van der Waals surface area contributed by atoms with Crippen LogP contribution in [0.15, 0.2) is 5.16 Å². The number of anilines is 1. The number of rotatable bonds is 2. The third kappa shape index (κ3) is 1.99. The van der Waals surface area contributed by atoms with Crippen molar-refractivity contribution in [2.75, 3.05) is 11.5 Å². The average Bonchev–Trinajstić information content (AvgIpc) is 2.66. The molecule has 0 fully saturated rings. The molecular formula is C13H17N3S2. The largest absolute Gasteiger partial charge is 0.383 e. The monoisotopic (exact) mass is 279 g/mol. The van der Waals surface area contributed by atoms with Gasteiger partial charge in [-0.2, -0.15) is 0 Å². The van der Waals surface area contributed by atoms with Gasteiger partial charge in [0.1, 0.15) is 10.6 Å². The Bertz CT molecular complexity index is 591. The van der Waals surface area contributed by atoms with E-state index in [0.29, 0.717) is 5.82 Å². The van der Waals surface area contributed by atoms with E-state index in [1.165, 1.54) is 23.3 Å². The molecule has 0 aliphatic heterocycles. The lowest BCUT2D eigenvalue weighted by Gasteiger charge is -2.17. The van der Waals surface area contributed by atoms with Crippen LogP contribution in [0.1, 0.15) is 30.7 Å². The summed E-state index contributed by atoms with van der Waals surface area (Å²) in [5.74, 6) is 2.43. The molecule has 2 aromatic rings. The third-order valence-electron chi connectivity index (χ3n) is 3.44. The number of hydrogen-bond acceptors (Lipinski definition) is 5. The van der Waals surface area contributed by atoms with Crippen molar-refractivity contribution in [1.29, 1.82) is 0 Å². The van der Waals surface area contributed by atoms with Crippen LogP contribution in [-0.2, 0) is 12.8 Å². The average molecular weight is 279 g/mol. The molecule has 1 aliphatic carbocycles. The first-order valence-electron chi connectivity index (χ1n) is 6.39. The van der Waals surface area contributed by atoms with Gasteiger partial charge in [0, 0.05) is 4.88 Å². The molecule has 2 aromatic heterocycles. The fraction of sp³-hybridized carbons (Fsp3) is 0.538. The number of aryl methyl sites for hydroxylation is 1. The van der Waals surface area contributed by atoms with Crippen molar-refractivity contribution in [3.8, 4) is 0 Å². The maximum absolute atomic E-state index is 6.13. The van der Waals surface area contributed by atoms with Gasteiger partial charge in [0.15, 0.2) is 5.16 Å². The Balaban J connectivity index is 2.16. The number of nitrogen functional groups attached to an aromatic ring is 1. The molecule has 3 nitrogen and oxygen atoms in total. The first-order valence-corrected chi connectivity index (χ1v) is 8.19. The van der Waals surface area contributed by atoms with Crippen molar-refractivity contribution < 1.29 is 0 Å². The minimum Gasteiger partial charge on any atom is -0.383 e. The number of aromatic nitrogens is 2. The summed E-state index contributed by atoms with van der Waals surface area (Å²) in [5.41, 5.74) is 7.55. The summed E-state index contributed by atoms with van der Waals surface area (Å²) >= 11 is 3.47. The Hall–Kier alpha value is -0.810. The number of thiophene rings is 1. The Kier molecular flexibility index (Phi) is 3.20. The quantitative estimate of drug-likeness (QED) is 0.675. The molecule has 5 heteroatoms. The van der Waals surface area contributed by atoms with Gasteiger partial charge in [0.2, 0.25) is 0 Å². The van der Waals surface area contributed by atoms with E-state index >= 15 is 0 Å². The van der Waals surface area contributed by atoms with Crippen LogP contribution in [0.4, 0.5) is 5.82 Å². The number of nitrogens with zero attached hydrogens (tertiary/aromatic N) is 2. The predicted molar refractivity (Wildman–Crippen MR) is 79.4 cm³/mol. The molecule has 2 N–H and O–H groups in total. The van der Waals surface area contributed by atoms with E-state index in [4.69, 9.17) is 5.73 Å². The van der Waals surface area contributed by atoms with Gasteiger partial charge in [-0.05, 0) is 36.5 Å². The first kappa shape index (κ1) is 12.2. The lowest BCUT2D eigenvalue weighted by atomic mass is 9.89. The molecule has 0 saturated carbocycles. The molecule has 1 aliphatic rings. The van der Waals surface area contributed by atoms with Crippen molar-refractivity contribution >= 4 is 39.1 Å². The van der Waals surface area contributed by atoms with Gasteiger partial charge in [0.05, 0.1) is 5.39 Å². The van der Waals surface area contributed by atoms with Crippen LogP contribution in [0, 0.1) is 5.92 Å². The van der Waals surface area contributed by atoms with Gasteiger partial charge < -0.3 is 5.73 Å². The highest BCUT2D eigenvalue weighted by Gasteiger charge is 2.23. The SMILES string of the molecule is CCSc1nc(N)c2c3c(sc2n1)CC(C)CC3. The van der Waals surface area contributed by atoms with Crippen molar-refractivity contribution in [3.05, 3.63) is 10.4 Å². The highest BCUT2D eigenvalue weighted by molar-refractivity contribution is 7.99. The van der Waals surface area contributed by atoms with Crippen molar-refractivity contribution in [3.63, 3.8) is 0 Å². The molecule has 0 saturated heterocycles. The first-order chi connectivity index (χ1) is 8.69. The van der Waals surface area contributed by atoms with Gasteiger partial charge in [0.25, 0.3) is 0 Å². The Morgan fingerprint density at radius 2 is 2.28 bits per heavy atom. The number of fused-ring (bicyclic) bond motifs is 3. The van der Waals surface area contributed by atoms with E-state index < -0.39 is 0 Å². The maximum atomic E-state index is 6.13. The second kappa shape index (κ2) is 4.70. The maximum Gasteiger partial charge on any atom is 0.190 e. The van der Waals surface area contributed by atoms with Gasteiger partial charge in [-0.1, -0.05) is 25.6 Å². The van der Waals surface area contributed by atoms with E-state index in [-0.39, 0.29) is 0 Å². The van der Waals surface area contributed by atoms with E-state index in [1.807, 2.05) is 11.3 Å². The minimum absolute atomic E-state index is 0.669. The van der Waals surface area contributed by atoms with Crippen LogP contribution in [0.3, 0.4) is 0 Å². The van der Waals surface area contributed by atoms with Gasteiger partial charge in [-0.25, -0.2) is 9.97 Å². The summed E-state index contributed by atoms with van der Waals surface area (Å²) < 4.78 is 0. The van der Waals surface area contributed by atoms with E-state index in [9.17, 15) is 0 Å². The van der Waals surface area contributed by atoms with Crippen molar-refractivity contribution in [1.82, 2.24) is 9.97 Å². The Morgan fingerprint density at radius 3 is 3.06 bits per heavy atom. The molecule has 1 atom stereocenters. The fourth-order valence-electron chi connectivity index (χ4n) is 2.54. The highest BCUT2D eigenvalue weighted by atomic mass is 32.2. The summed E-state index contributed by atoms with van der Waals surface area (Å²) in [6.07, 6.45) is 3.56. The van der Waals surface area contributed by atoms with E-state index in [1.54, 1.807) is 11.8 Å². The number of thioether (sulfide) groups is 1. The normalized spacial score (nSPS) is 19.1. The van der Waals surface area contributed by atoms with Crippen LogP contribution >= 0.6 is 23.1 Å². The molecular weight excluding hydrogens is 262 g/mol. The predicted octanol–water partition coefficient (Wildman–Crippen LogP) is 3.51. The van der Waals surface area contributed by atoms with Gasteiger partial charge in [-0.15, -0.1) is 11.3 Å². The number of hydrogen-bond donors (Lipinski definition) is 1. The van der Waals surface area contributed by atoms with Crippen LogP contribution in [0.5, 0.6) is 0 Å². The molecule has 18 heavy (non-hydrogen) atoms. The van der Waals surface area contributed by atoms with Crippen LogP contribution in [0.2, 0.25) is 0 Å². The van der Waals surface area contributed by atoms with E-state index in [2.05, 4.69) is 23.8 Å². The standard InChI is InChI=1S/C13H17N3S2/c1-3-17-13-15-11(14)10-8-5-4-7(2)6-9(8)18-12(10)16-13/h7H,3-6H2,1-2H3,(H2,14,15,16). The second-order valence-electron chi connectivity index (χ2n) is 4.86. The molecule has 0 aromatic carbocycles. The summed E-state index contributed by atoms with van der Waals surface area (Å²) in [6, 6.07) is 0. The topological polar surface area (TPSA) is 51.8 Å². The molecule has 3 rings (SSSR count). The van der Waals surface area contributed by atoms with Gasteiger partial charge >= 0.3 is 0 Å². The fourth-order valence-corrected chi connectivity index (χ4v) is 4.57. The molecule has 2 heterocycles. The lowest BCUT2D eigenvalue weighted by molar-refractivity contribution is 0.509. The molecule has 0 radical (unpaired) electrons. The summed E-state index contributed by atoms with van der Waals surface area (Å²) in [5, 5.41) is 1.94. The zero-order valence-electron chi connectivity index (χ0n) is 10.7. The summed E-state index contributed by atoms with van der Waals surface area (Å²) in [6.45, 7) is 4.43. The highest BCUT2D eigenvalue weighted by Crippen LogP contribution is 2.39. The van der Waals surface area contributed by atoms with E-state index in [0.717, 1.165) is 33.5 Å². The zero-order chi connectivity index (χ0) is 12.7. The Labute approximate surface area is 115 Å². The minimum atomic E-state index is 0.669.